The molecule has 2 aromatic heterocycles. The van der Waals surface area contributed by atoms with Gasteiger partial charge in [0.25, 0.3) is 10.0 Å². The SMILES string of the molecule is O=C(NCc1ccccc1)C1CCCN(S(=O)(=O)c2ccc(-c3ccn[nH]3)o2)C1. The maximum Gasteiger partial charge on any atom is 0.276 e. The molecule has 0 radical (unpaired) electrons. The van der Waals surface area contributed by atoms with Gasteiger partial charge in [0, 0.05) is 25.8 Å². The van der Waals surface area contributed by atoms with Gasteiger partial charge in [0.15, 0.2) is 5.76 Å². The van der Waals surface area contributed by atoms with E-state index in [-0.39, 0.29) is 23.5 Å². The van der Waals surface area contributed by atoms with Crippen molar-refractivity contribution in [1.29, 1.82) is 0 Å². The molecule has 0 bridgehead atoms. The lowest BCUT2D eigenvalue weighted by molar-refractivity contribution is -0.126. The van der Waals surface area contributed by atoms with Crippen molar-refractivity contribution in [3.05, 3.63) is 60.3 Å². The van der Waals surface area contributed by atoms with Crippen LogP contribution in [-0.4, -0.2) is 41.9 Å². The Morgan fingerprint density at radius 2 is 2.03 bits per heavy atom. The molecule has 0 aliphatic carbocycles. The van der Waals surface area contributed by atoms with E-state index in [0.717, 1.165) is 5.56 Å². The van der Waals surface area contributed by atoms with Gasteiger partial charge in [-0.15, -0.1) is 0 Å². The Bertz CT molecular complexity index is 1060. The fourth-order valence-electron chi connectivity index (χ4n) is 3.43. The van der Waals surface area contributed by atoms with Crippen LogP contribution in [0, 0.1) is 5.92 Å². The summed E-state index contributed by atoms with van der Waals surface area (Å²) in [4.78, 5) is 12.6. The number of sulfonamides is 1. The average Bonchev–Trinajstić information content (AvgIpc) is 3.45. The van der Waals surface area contributed by atoms with Gasteiger partial charge in [0.1, 0.15) is 5.69 Å². The Morgan fingerprint density at radius 1 is 1.21 bits per heavy atom. The molecule has 1 unspecified atom stereocenters. The van der Waals surface area contributed by atoms with Gasteiger partial charge >= 0.3 is 0 Å². The lowest BCUT2D eigenvalue weighted by atomic mass is 9.99. The molecule has 8 nitrogen and oxygen atoms in total. The number of carbonyl (C=O) groups is 1. The summed E-state index contributed by atoms with van der Waals surface area (Å²) in [7, 11) is -3.81. The molecule has 1 aliphatic rings. The van der Waals surface area contributed by atoms with E-state index in [1.165, 1.54) is 10.4 Å². The van der Waals surface area contributed by atoms with Crippen molar-refractivity contribution in [3.8, 4) is 11.5 Å². The molecule has 2 N–H and O–H groups in total. The third kappa shape index (κ3) is 4.25. The van der Waals surface area contributed by atoms with E-state index >= 15 is 0 Å². The zero-order chi connectivity index (χ0) is 20.3. The summed E-state index contributed by atoms with van der Waals surface area (Å²) in [5.74, 6) is -0.120. The number of hydrogen-bond acceptors (Lipinski definition) is 5. The Morgan fingerprint density at radius 3 is 2.79 bits per heavy atom. The van der Waals surface area contributed by atoms with Gasteiger partial charge in [-0.1, -0.05) is 30.3 Å². The third-order valence-corrected chi connectivity index (χ3v) is 6.75. The monoisotopic (exact) mass is 414 g/mol. The van der Waals surface area contributed by atoms with Crippen molar-refractivity contribution >= 4 is 15.9 Å². The van der Waals surface area contributed by atoms with Crippen molar-refractivity contribution in [3.63, 3.8) is 0 Å². The number of furan rings is 1. The summed E-state index contributed by atoms with van der Waals surface area (Å²) >= 11 is 0. The van der Waals surface area contributed by atoms with Crippen LogP contribution in [0.5, 0.6) is 0 Å². The second-order valence-corrected chi connectivity index (χ2v) is 8.86. The van der Waals surface area contributed by atoms with Crippen LogP contribution in [0.4, 0.5) is 0 Å². The van der Waals surface area contributed by atoms with E-state index in [0.29, 0.717) is 37.4 Å². The number of hydrogen-bond donors (Lipinski definition) is 2. The molecule has 0 spiro atoms. The van der Waals surface area contributed by atoms with Crippen molar-refractivity contribution in [1.82, 2.24) is 19.8 Å². The minimum atomic E-state index is -3.81. The highest BCUT2D eigenvalue weighted by molar-refractivity contribution is 7.89. The number of amides is 1. The average molecular weight is 414 g/mol. The molecule has 4 rings (SSSR count). The van der Waals surface area contributed by atoms with Crippen LogP contribution in [0.15, 0.2) is 64.2 Å². The van der Waals surface area contributed by atoms with Gasteiger partial charge in [0.2, 0.25) is 11.0 Å². The van der Waals surface area contributed by atoms with Gasteiger partial charge in [-0.05, 0) is 36.6 Å². The van der Waals surface area contributed by atoms with E-state index in [9.17, 15) is 13.2 Å². The van der Waals surface area contributed by atoms with Gasteiger partial charge in [-0.25, -0.2) is 8.42 Å². The molecule has 1 aliphatic heterocycles. The second kappa shape index (κ2) is 8.22. The largest absolute Gasteiger partial charge is 0.442 e. The van der Waals surface area contributed by atoms with Crippen molar-refractivity contribution in [2.75, 3.05) is 13.1 Å². The van der Waals surface area contributed by atoms with Crippen molar-refractivity contribution in [2.24, 2.45) is 5.92 Å². The minimum absolute atomic E-state index is 0.132. The number of piperidine rings is 1. The van der Waals surface area contributed by atoms with Crippen molar-refractivity contribution < 1.29 is 17.6 Å². The Hall–Kier alpha value is -2.91. The summed E-state index contributed by atoms with van der Waals surface area (Å²) in [6, 6.07) is 14.3. The van der Waals surface area contributed by atoms with Crippen molar-refractivity contribution in [2.45, 2.75) is 24.5 Å². The molecule has 1 aromatic carbocycles. The van der Waals surface area contributed by atoms with Crippen LogP contribution in [0.1, 0.15) is 18.4 Å². The molecule has 0 saturated carbocycles. The number of H-pyrrole nitrogens is 1. The Labute approximate surface area is 169 Å². The standard InChI is InChI=1S/C20H22N4O4S/c25-20(21-13-15-5-2-1-3-6-15)16-7-4-12-24(14-16)29(26,27)19-9-8-18(28-19)17-10-11-22-23-17/h1-3,5-6,8-11,16H,4,7,12-14H2,(H,21,25)(H,22,23). The molecule has 1 saturated heterocycles. The van der Waals surface area contributed by atoms with E-state index < -0.39 is 10.0 Å². The first-order valence-electron chi connectivity index (χ1n) is 9.45. The smallest absolute Gasteiger partial charge is 0.276 e. The van der Waals surface area contributed by atoms with Crippen LogP contribution in [0.25, 0.3) is 11.5 Å². The molecular weight excluding hydrogens is 392 g/mol. The van der Waals surface area contributed by atoms with Crippen LogP contribution in [-0.2, 0) is 21.4 Å². The maximum atomic E-state index is 13.0. The highest BCUT2D eigenvalue weighted by Gasteiger charge is 2.35. The predicted molar refractivity (Wildman–Crippen MR) is 106 cm³/mol. The lowest BCUT2D eigenvalue weighted by Crippen LogP contribution is -2.45. The van der Waals surface area contributed by atoms with Crippen LogP contribution in [0.3, 0.4) is 0 Å². The fourth-order valence-corrected chi connectivity index (χ4v) is 4.86. The second-order valence-electron chi connectivity index (χ2n) is 6.99. The van der Waals surface area contributed by atoms with Gasteiger partial charge in [-0.3, -0.25) is 9.89 Å². The van der Waals surface area contributed by atoms with Gasteiger partial charge in [0.05, 0.1) is 5.92 Å². The number of rotatable bonds is 6. The molecule has 1 amide bonds. The number of nitrogens with one attached hydrogen (secondary N) is 2. The number of carbonyl (C=O) groups excluding carboxylic acids is 1. The summed E-state index contributed by atoms with van der Waals surface area (Å²) in [5, 5.41) is 9.36. The number of benzene rings is 1. The molecule has 9 heteroatoms. The number of nitrogens with zero attached hydrogens (tertiary/aromatic N) is 2. The summed E-state index contributed by atoms with van der Waals surface area (Å²) in [6.07, 6.45) is 2.84. The lowest BCUT2D eigenvalue weighted by Gasteiger charge is -2.30. The third-order valence-electron chi connectivity index (χ3n) is 5.01. The number of aromatic amines is 1. The highest BCUT2D eigenvalue weighted by atomic mass is 32.2. The molecule has 152 valence electrons. The minimum Gasteiger partial charge on any atom is -0.442 e. The first-order valence-corrected chi connectivity index (χ1v) is 10.9. The first-order chi connectivity index (χ1) is 14.0. The van der Waals surface area contributed by atoms with Crippen LogP contribution < -0.4 is 5.32 Å². The molecule has 1 atom stereocenters. The van der Waals surface area contributed by atoms with E-state index in [1.807, 2.05) is 30.3 Å². The van der Waals surface area contributed by atoms with E-state index in [2.05, 4.69) is 15.5 Å². The molecule has 29 heavy (non-hydrogen) atoms. The molecule has 3 heterocycles. The molecule has 1 fully saturated rings. The zero-order valence-corrected chi connectivity index (χ0v) is 16.6. The van der Waals surface area contributed by atoms with E-state index in [1.54, 1.807) is 18.3 Å². The first kappa shape index (κ1) is 19.4. The van der Waals surface area contributed by atoms with Gasteiger partial charge < -0.3 is 9.73 Å². The number of aromatic nitrogens is 2. The maximum absolute atomic E-state index is 13.0. The molecule has 3 aromatic rings. The summed E-state index contributed by atoms with van der Waals surface area (Å²) in [5.41, 5.74) is 1.60. The quantitative estimate of drug-likeness (QED) is 0.644. The van der Waals surface area contributed by atoms with Gasteiger partial charge in [-0.2, -0.15) is 9.40 Å². The van der Waals surface area contributed by atoms with E-state index in [4.69, 9.17) is 4.42 Å². The predicted octanol–water partition coefficient (Wildman–Crippen LogP) is 2.39. The fraction of sp³-hybridized carbons (Fsp3) is 0.300. The molecular formula is C20H22N4O4S. The highest BCUT2D eigenvalue weighted by Crippen LogP contribution is 2.28. The van der Waals surface area contributed by atoms with Crippen LogP contribution in [0.2, 0.25) is 0 Å². The Balaban J connectivity index is 1.42. The summed E-state index contributed by atoms with van der Waals surface area (Å²) < 4.78 is 32.9. The zero-order valence-electron chi connectivity index (χ0n) is 15.7. The summed E-state index contributed by atoms with van der Waals surface area (Å²) in [6.45, 7) is 0.933. The van der Waals surface area contributed by atoms with Crippen LogP contribution >= 0.6 is 0 Å². The Kier molecular flexibility index (Phi) is 5.50. The normalized spacial score (nSPS) is 17.9. The topological polar surface area (TPSA) is 108 Å².